The van der Waals surface area contributed by atoms with Crippen LogP contribution in [-0.2, 0) is 13.0 Å². The highest BCUT2D eigenvalue weighted by atomic mass is 16.2. The lowest BCUT2D eigenvalue weighted by Crippen LogP contribution is -2.26. The Morgan fingerprint density at radius 3 is 2.71 bits per heavy atom. The summed E-state index contributed by atoms with van der Waals surface area (Å²) >= 11 is 0. The van der Waals surface area contributed by atoms with Crippen molar-refractivity contribution < 1.29 is 9.59 Å². The third kappa shape index (κ3) is 3.96. The Hall–Kier alpha value is -2.63. The number of nitrogens with one attached hydrogen (secondary N) is 2. The molecule has 3 rings (SSSR count). The first-order valence-corrected chi connectivity index (χ1v) is 10.2. The molecule has 0 saturated carbocycles. The van der Waals surface area contributed by atoms with Gasteiger partial charge in [-0.05, 0) is 49.7 Å². The van der Waals surface area contributed by atoms with Gasteiger partial charge in [-0.25, -0.2) is 4.98 Å². The van der Waals surface area contributed by atoms with Gasteiger partial charge in [-0.3, -0.25) is 9.59 Å². The van der Waals surface area contributed by atoms with Crippen LogP contribution >= 0.6 is 0 Å². The topological polar surface area (TPSA) is 76.0 Å². The molecule has 0 bridgehead atoms. The van der Waals surface area contributed by atoms with Crippen molar-refractivity contribution in [3.05, 3.63) is 46.5 Å². The zero-order valence-electron chi connectivity index (χ0n) is 17.3. The lowest BCUT2D eigenvalue weighted by atomic mass is 9.98. The molecule has 0 atom stereocenters. The van der Waals surface area contributed by atoms with Crippen LogP contribution in [0.1, 0.15) is 83.9 Å². The SMILES string of the molecule is CCCNC(=O)c1nc(C(=O)Nc2c(C)cccc2C(C)C)n2c1CCCC2. The summed E-state index contributed by atoms with van der Waals surface area (Å²) in [5.41, 5.74) is 4.23. The van der Waals surface area contributed by atoms with Crippen molar-refractivity contribution >= 4 is 17.5 Å². The molecule has 0 saturated heterocycles. The Labute approximate surface area is 166 Å². The Morgan fingerprint density at radius 2 is 2.00 bits per heavy atom. The Balaban J connectivity index is 1.95. The van der Waals surface area contributed by atoms with Gasteiger partial charge in [-0.15, -0.1) is 0 Å². The minimum absolute atomic E-state index is 0.190. The van der Waals surface area contributed by atoms with Crippen molar-refractivity contribution in [1.29, 1.82) is 0 Å². The van der Waals surface area contributed by atoms with Crippen LogP contribution in [0.2, 0.25) is 0 Å². The number of hydrogen-bond acceptors (Lipinski definition) is 3. The minimum Gasteiger partial charge on any atom is -0.351 e. The number of nitrogens with zero attached hydrogens (tertiary/aromatic N) is 2. The molecular formula is C22H30N4O2. The molecule has 1 aromatic carbocycles. The molecule has 2 amide bonds. The Kier molecular flexibility index (Phi) is 6.17. The van der Waals surface area contributed by atoms with Crippen LogP contribution in [-0.4, -0.2) is 27.9 Å². The fourth-order valence-corrected chi connectivity index (χ4v) is 3.73. The summed E-state index contributed by atoms with van der Waals surface area (Å²) in [7, 11) is 0. The van der Waals surface area contributed by atoms with Crippen molar-refractivity contribution in [3.63, 3.8) is 0 Å². The average molecular weight is 383 g/mol. The van der Waals surface area contributed by atoms with Crippen LogP contribution in [0.5, 0.6) is 0 Å². The van der Waals surface area contributed by atoms with Gasteiger partial charge in [0.15, 0.2) is 5.82 Å². The first-order valence-electron chi connectivity index (χ1n) is 10.2. The second kappa shape index (κ2) is 8.59. The Morgan fingerprint density at radius 1 is 1.21 bits per heavy atom. The van der Waals surface area contributed by atoms with Crippen molar-refractivity contribution in [2.75, 3.05) is 11.9 Å². The third-order valence-electron chi connectivity index (χ3n) is 5.24. The standard InChI is InChI=1S/C22H30N4O2/c1-5-12-23-21(27)19-17-11-6-7-13-26(17)20(24-19)22(28)25-18-15(4)9-8-10-16(18)14(2)3/h8-10,14H,5-7,11-13H2,1-4H3,(H,23,27)(H,25,28). The molecule has 28 heavy (non-hydrogen) atoms. The summed E-state index contributed by atoms with van der Waals surface area (Å²) in [6, 6.07) is 6.04. The summed E-state index contributed by atoms with van der Waals surface area (Å²) in [4.78, 5) is 30.2. The number of rotatable bonds is 6. The molecule has 0 unspecified atom stereocenters. The highest BCUT2D eigenvalue weighted by Crippen LogP contribution is 2.28. The maximum Gasteiger partial charge on any atom is 0.291 e. The van der Waals surface area contributed by atoms with E-state index in [9.17, 15) is 9.59 Å². The smallest absolute Gasteiger partial charge is 0.291 e. The average Bonchev–Trinajstić information content (AvgIpc) is 3.07. The molecule has 0 spiro atoms. The van der Waals surface area contributed by atoms with Gasteiger partial charge in [0.1, 0.15) is 5.69 Å². The van der Waals surface area contributed by atoms with Gasteiger partial charge in [0, 0.05) is 18.8 Å². The number of carbonyl (C=O) groups is 2. The van der Waals surface area contributed by atoms with E-state index in [1.54, 1.807) is 0 Å². The zero-order valence-corrected chi connectivity index (χ0v) is 17.3. The fraction of sp³-hybridized carbons (Fsp3) is 0.500. The van der Waals surface area contributed by atoms with Crippen molar-refractivity contribution in [2.45, 2.75) is 65.8 Å². The number of benzene rings is 1. The van der Waals surface area contributed by atoms with E-state index in [1.165, 1.54) is 0 Å². The third-order valence-corrected chi connectivity index (χ3v) is 5.24. The van der Waals surface area contributed by atoms with Crippen LogP contribution < -0.4 is 10.6 Å². The van der Waals surface area contributed by atoms with Crippen LogP contribution in [0.4, 0.5) is 5.69 Å². The van der Waals surface area contributed by atoms with Crippen LogP contribution in [0.15, 0.2) is 18.2 Å². The minimum atomic E-state index is -0.256. The van der Waals surface area contributed by atoms with E-state index in [1.807, 2.05) is 36.6 Å². The molecular weight excluding hydrogens is 352 g/mol. The van der Waals surface area contributed by atoms with Gasteiger partial charge in [-0.2, -0.15) is 0 Å². The number of imidazole rings is 1. The van der Waals surface area contributed by atoms with E-state index in [0.717, 1.165) is 54.7 Å². The van der Waals surface area contributed by atoms with E-state index in [-0.39, 0.29) is 11.8 Å². The van der Waals surface area contributed by atoms with Crippen LogP contribution in [0, 0.1) is 6.92 Å². The van der Waals surface area contributed by atoms with Gasteiger partial charge in [0.2, 0.25) is 0 Å². The second-order valence-corrected chi connectivity index (χ2v) is 7.74. The van der Waals surface area contributed by atoms with E-state index in [4.69, 9.17) is 0 Å². The monoisotopic (exact) mass is 382 g/mol. The van der Waals surface area contributed by atoms with Gasteiger partial charge >= 0.3 is 0 Å². The summed E-state index contributed by atoms with van der Waals surface area (Å²) in [6.07, 6.45) is 3.63. The molecule has 1 aliphatic rings. The molecule has 1 aromatic heterocycles. The fourth-order valence-electron chi connectivity index (χ4n) is 3.73. The van der Waals surface area contributed by atoms with E-state index >= 15 is 0 Å². The molecule has 6 nitrogen and oxygen atoms in total. The summed E-state index contributed by atoms with van der Waals surface area (Å²) in [6.45, 7) is 9.54. The van der Waals surface area contributed by atoms with Gasteiger partial charge in [-0.1, -0.05) is 39.0 Å². The number of para-hydroxylation sites is 1. The second-order valence-electron chi connectivity index (χ2n) is 7.74. The van der Waals surface area contributed by atoms with Gasteiger partial charge in [0.25, 0.3) is 11.8 Å². The number of fused-ring (bicyclic) bond motifs is 1. The molecule has 1 aliphatic heterocycles. The molecule has 2 N–H and O–H groups in total. The van der Waals surface area contributed by atoms with Crippen molar-refractivity contribution in [2.24, 2.45) is 0 Å². The number of anilines is 1. The summed E-state index contributed by atoms with van der Waals surface area (Å²) in [5, 5.41) is 5.96. The highest BCUT2D eigenvalue weighted by molar-refractivity contribution is 6.04. The molecule has 0 aliphatic carbocycles. The maximum absolute atomic E-state index is 13.1. The molecule has 0 radical (unpaired) electrons. The molecule has 6 heteroatoms. The normalized spacial score (nSPS) is 13.3. The number of hydrogen-bond donors (Lipinski definition) is 2. The number of amides is 2. The first kappa shape index (κ1) is 20.1. The van der Waals surface area contributed by atoms with Crippen molar-refractivity contribution in [3.8, 4) is 0 Å². The van der Waals surface area contributed by atoms with E-state index < -0.39 is 0 Å². The molecule has 2 aromatic rings. The first-order chi connectivity index (χ1) is 13.4. The number of aryl methyl sites for hydroxylation is 1. The Bertz CT molecular complexity index is 883. The molecule has 2 heterocycles. The zero-order chi connectivity index (χ0) is 20.3. The maximum atomic E-state index is 13.1. The summed E-state index contributed by atoms with van der Waals surface area (Å²) in [5.74, 6) is 0.174. The largest absolute Gasteiger partial charge is 0.351 e. The summed E-state index contributed by atoms with van der Waals surface area (Å²) < 4.78 is 1.92. The number of aromatic nitrogens is 2. The quantitative estimate of drug-likeness (QED) is 0.791. The van der Waals surface area contributed by atoms with Crippen LogP contribution in [0.3, 0.4) is 0 Å². The molecule has 150 valence electrons. The lowest BCUT2D eigenvalue weighted by Gasteiger charge is -2.19. The van der Waals surface area contributed by atoms with E-state index in [0.29, 0.717) is 24.0 Å². The van der Waals surface area contributed by atoms with E-state index in [2.05, 4.69) is 29.5 Å². The lowest BCUT2D eigenvalue weighted by molar-refractivity contribution is 0.0947. The predicted octanol–water partition coefficient (Wildman–Crippen LogP) is 4.04. The van der Waals surface area contributed by atoms with Gasteiger partial charge < -0.3 is 15.2 Å². The van der Waals surface area contributed by atoms with Crippen LogP contribution in [0.25, 0.3) is 0 Å². The number of carbonyl (C=O) groups excluding carboxylic acids is 2. The van der Waals surface area contributed by atoms with Crippen molar-refractivity contribution in [1.82, 2.24) is 14.9 Å². The van der Waals surface area contributed by atoms with Gasteiger partial charge in [0.05, 0.1) is 5.69 Å². The molecule has 0 fully saturated rings. The highest BCUT2D eigenvalue weighted by Gasteiger charge is 2.28. The predicted molar refractivity (Wildman–Crippen MR) is 111 cm³/mol.